The van der Waals surface area contributed by atoms with Crippen LogP contribution in [0, 0.1) is 5.92 Å². The molecule has 78 valence electrons. The van der Waals surface area contributed by atoms with Crippen molar-refractivity contribution in [1.82, 2.24) is 4.98 Å². The SMILES string of the molecule is COc1cccc(NCC(C)CCl)n1. The number of hydrogen-bond donors (Lipinski definition) is 1. The Hall–Kier alpha value is -0.960. The summed E-state index contributed by atoms with van der Waals surface area (Å²) in [6, 6.07) is 5.62. The maximum absolute atomic E-state index is 5.69. The zero-order chi connectivity index (χ0) is 10.4. The van der Waals surface area contributed by atoms with Crippen molar-refractivity contribution in [1.29, 1.82) is 0 Å². The lowest BCUT2D eigenvalue weighted by Crippen LogP contribution is -2.13. The minimum absolute atomic E-state index is 0.435. The largest absolute Gasteiger partial charge is 0.481 e. The molecular formula is C10H15ClN2O. The van der Waals surface area contributed by atoms with E-state index in [1.807, 2.05) is 18.2 Å². The topological polar surface area (TPSA) is 34.1 Å². The number of aromatic nitrogens is 1. The molecule has 1 aromatic rings. The summed E-state index contributed by atoms with van der Waals surface area (Å²) in [5.74, 6) is 2.52. The first-order valence-corrected chi connectivity index (χ1v) is 5.10. The van der Waals surface area contributed by atoms with Crippen LogP contribution in [0.25, 0.3) is 0 Å². The van der Waals surface area contributed by atoms with Crippen molar-refractivity contribution in [2.45, 2.75) is 6.92 Å². The van der Waals surface area contributed by atoms with E-state index in [2.05, 4.69) is 17.2 Å². The van der Waals surface area contributed by atoms with Gasteiger partial charge in [-0.1, -0.05) is 13.0 Å². The molecule has 0 fully saturated rings. The van der Waals surface area contributed by atoms with Gasteiger partial charge in [-0.15, -0.1) is 11.6 Å². The van der Waals surface area contributed by atoms with Gasteiger partial charge in [0.2, 0.25) is 5.88 Å². The van der Waals surface area contributed by atoms with Crippen LogP contribution in [-0.4, -0.2) is 24.5 Å². The number of pyridine rings is 1. The molecule has 0 spiro atoms. The maximum Gasteiger partial charge on any atom is 0.214 e. The first-order chi connectivity index (χ1) is 6.76. The number of methoxy groups -OCH3 is 1. The number of halogens is 1. The highest BCUT2D eigenvalue weighted by molar-refractivity contribution is 6.18. The molecule has 1 atom stereocenters. The number of ether oxygens (including phenoxy) is 1. The van der Waals surface area contributed by atoms with E-state index in [1.165, 1.54) is 0 Å². The van der Waals surface area contributed by atoms with E-state index in [0.29, 0.717) is 17.7 Å². The summed E-state index contributed by atoms with van der Waals surface area (Å²) in [6.45, 7) is 2.91. The first-order valence-electron chi connectivity index (χ1n) is 4.57. The van der Waals surface area contributed by atoms with E-state index in [-0.39, 0.29) is 0 Å². The minimum atomic E-state index is 0.435. The van der Waals surface area contributed by atoms with Gasteiger partial charge in [-0.05, 0) is 12.0 Å². The molecular weight excluding hydrogens is 200 g/mol. The Morgan fingerprint density at radius 3 is 3.00 bits per heavy atom. The summed E-state index contributed by atoms with van der Waals surface area (Å²) in [5.41, 5.74) is 0. The molecule has 0 radical (unpaired) electrons. The Balaban J connectivity index is 2.50. The monoisotopic (exact) mass is 214 g/mol. The van der Waals surface area contributed by atoms with Gasteiger partial charge in [-0.25, -0.2) is 0 Å². The molecule has 3 nitrogen and oxygen atoms in total. The van der Waals surface area contributed by atoms with Crippen molar-refractivity contribution in [2.24, 2.45) is 5.92 Å². The van der Waals surface area contributed by atoms with Gasteiger partial charge in [0.25, 0.3) is 0 Å². The second kappa shape index (κ2) is 5.70. The van der Waals surface area contributed by atoms with Crippen molar-refractivity contribution in [2.75, 3.05) is 24.9 Å². The van der Waals surface area contributed by atoms with Crippen molar-refractivity contribution in [3.05, 3.63) is 18.2 Å². The summed E-state index contributed by atoms with van der Waals surface area (Å²) in [7, 11) is 1.60. The summed E-state index contributed by atoms with van der Waals surface area (Å²) >= 11 is 5.69. The van der Waals surface area contributed by atoms with Crippen LogP contribution >= 0.6 is 11.6 Å². The Kier molecular flexibility index (Phi) is 4.53. The average molecular weight is 215 g/mol. The van der Waals surface area contributed by atoms with E-state index < -0.39 is 0 Å². The highest BCUT2D eigenvalue weighted by atomic mass is 35.5. The van der Waals surface area contributed by atoms with Gasteiger partial charge in [0.1, 0.15) is 5.82 Å². The third-order valence-corrected chi connectivity index (χ3v) is 2.35. The summed E-state index contributed by atoms with van der Waals surface area (Å²) < 4.78 is 5.01. The Bertz CT molecular complexity index is 281. The number of hydrogen-bond acceptors (Lipinski definition) is 3. The summed E-state index contributed by atoms with van der Waals surface area (Å²) in [6.07, 6.45) is 0. The van der Waals surface area contributed by atoms with Gasteiger partial charge in [0.05, 0.1) is 7.11 Å². The lowest BCUT2D eigenvalue weighted by Gasteiger charge is -2.10. The zero-order valence-corrected chi connectivity index (χ0v) is 9.21. The van der Waals surface area contributed by atoms with Crippen LogP contribution in [0.15, 0.2) is 18.2 Å². The third kappa shape index (κ3) is 3.42. The summed E-state index contributed by atoms with van der Waals surface area (Å²) in [4.78, 5) is 4.22. The van der Waals surface area contributed by atoms with E-state index >= 15 is 0 Å². The molecule has 1 rings (SSSR count). The van der Waals surface area contributed by atoms with Gasteiger partial charge >= 0.3 is 0 Å². The molecule has 1 aromatic heterocycles. The average Bonchev–Trinajstić information content (AvgIpc) is 2.26. The van der Waals surface area contributed by atoms with Crippen LogP contribution in [0.4, 0.5) is 5.82 Å². The van der Waals surface area contributed by atoms with Crippen LogP contribution in [0.5, 0.6) is 5.88 Å². The van der Waals surface area contributed by atoms with E-state index in [9.17, 15) is 0 Å². The number of nitrogens with one attached hydrogen (secondary N) is 1. The predicted octanol–water partition coefficient (Wildman–Crippen LogP) is 2.38. The molecule has 0 saturated heterocycles. The second-order valence-corrected chi connectivity index (χ2v) is 3.51. The van der Waals surface area contributed by atoms with Gasteiger partial charge in [-0.2, -0.15) is 4.98 Å². The lowest BCUT2D eigenvalue weighted by molar-refractivity contribution is 0.398. The Labute approximate surface area is 89.4 Å². The molecule has 0 amide bonds. The standard InChI is InChI=1S/C10H15ClN2O/c1-8(6-11)7-12-9-4-3-5-10(13-9)14-2/h3-5,8H,6-7H2,1-2H3,(H,12,13). The van der Waals surface area contributed by atoms with Crippen LogP contribution in [0.2, 0.25) is 0 Å². The van der Waals surface area contributed by atoms with Crippen LogP contribution in [-0.2, 0) is 0 Å². The Morgan fingerprint density at radius 2 is 2.36 bits per heavy atom. The molecule has 0 aliphatic heterocycles. The maximum atomic E-state index is 5.69. The van der Waals surface area contributed by atoms with Gasteiger partial charge in [0.15, 0.2) is 0 Å². The predicted molar refractivity (Wildman–Crippen MR) is 59.2 cm³/mol. The number of rotatable bonds is 5. The van der Waals surface area contributed by atoms with E-state index in [4.69, 9.17) is 16.3 Å². The molecule has 0 aromatic carbocycles. The lowest BCUT2D eigenvalue weighted by atomic mass is 10.2. The highest BCUT2D eigenvalue weighted by Gasteiger charge is 2.00. The number of nitrogens with zero attached hydrogens (tertiary/aromatic N) is 1. The van der Waals surface area contributed by atoms with Gasteiger partial charge < -0.3 is 10.1 Å². The molecule has 0 saturated carbocycles. The van der Waals surface area contributed by atoms with Gasteiger partial charge in [0, 0.05) is 18.5 Å². The minimum Gasteiger partial charge on any atom is -0.481 e. The van der Waals surface area contributed by atoms with Gasteiger partial charge in [-0.3, -0.25) is 0 Å². The summed E-state index contributed by atoms with van der Waals surface area (Å²) in [5, 5.41) is 3.19. The fourth-order valence-corrected chi connectivity index (χ4v) is 1.07. The van der Waals surface area contributed by atoms with Crippen LogP contribution in [0.1, 0.15) is 6.92 Å². The molecule has 1 heterocycles. The van der Waals surface area contributed by atoms with Crippen LogP contribution < -0.4 is 10.1 Å². The number of anilines is 1. The molecule has 0 aliphatic carbocycles. The fraction of sp³-hybridized carbons (Fsp3) is 0.500. The van der Waals surface area contributed by atoms with E-state index in [1.54, 1.807) is 7.11 Å². The second-order valence-electron chi connectivity index (χ2n) is 3.21. The highest BCUT2D eigenvalue weighted by Crippen LogP contribution is 2.11. The molecule has 1 unspecified atom stereocenters. The van der Waals surface area contributed by atoms with Crippen molar-refractivity contribution >= 4 is 17.4 Å². The first kappa shape index (κ1) is 11.1. The normalized spacial score (nSPS) is 12.2. The number of alkyl halides is 1. The van der Waals surface area contributed by atoms with Crippen molar-refractivity contribution in [3.63, 3.8) is 0 Å². The quantitative estimate of drug-likeness (QED) is 0.765. The molecule has 14 heavy (non-hydrogen) atoms. The third-order valence-electron chi connectivity index (χ3n) is 1.83. The fourth-order valence-electron chi connectivity index (χ4n) is 0.960. The van der Waals surface area contributed by atoms with Crippen molar-refractivity contribution in [3.8, 4) is 5.88 Å². The molecule has 0 bridgehead atoms. The van der Waals surface area contributed by atoms with Crippen LogP contribution in [0.3, 0.4) is 0 Å². The Morgan fingerprint density at radius 1 is 1.57 bits per heavy atom. The molecule has 4 heteroatoms. The molecule has 0 aliphatic rings. The smallest absolute Gasteiger partial charge is 0.214 e. The molecule has 1 N–H and O–H groups in total. The van der Waals surface area contributed by atoms with E-state index in [0.717, 1.165) is 12.4 Å². The van der Waals surface area contributed by atoms with Crippen molar-refractivity contribution < 1.29 is 4.74 Å². The zero-order valence-electron chi connectivity index (χ0n) is 8.46.